The minimum absolute atomic E-state index is 0.0942. The number of rotatable bonds is 3. The number of hydrogen-bond acceptors (Lipinski definition) is 1. The molecule has 0 aromatic heterocycles. The van der Waals surface area contributed by atoms with Crippen LogP contribution in [-0.4, -0.2) is 7.05 Å². The van der Waals surface area contributed by atoms with Crippen LogP contribution in [0.4, 0.5) is 22.0 Å². The third kappa shape index (κ3) is 1.88. The molecule has 6 heteroatoms. The van der Waals surface area contributed by atoms with E-state index in [0.29, 0.717) is 12.8 Å². The summed E-state index contributed by atoms with van der Waals surface area (Å²) in [5.74, 6) is -9.46. The van der Waals surface area contributed by atoms with E-state index >= 15 is 0 Å². The smallest absolute Gasteiger partial charge is 0.200 e. The lowest BCUT2D eigenvalue weighted by Gasteiger charge is -2.34. The zero-order chi connectivity index (χ0) is 13.4. The molecule has 0 spiro atoms. The highest BCUT2D eigenvalue weighted by Gasteiger charge is 2.35. The molecule has 1 aromatic carbocycles. The Morgan fingerprint density at radius 3 is 1.67 bits per heavy atom. The van der Waals surface area contributed by atoms with Crippen molar-refractivity contribution in [3.8, 4) is 0 Å². The molecule has 1 aliphatic rings. The molecule has 0 radical (unpaired) electrons. The van der Waals surface area contributed by atoms with Gasteiger partial charge in [-0.05, 0) is 25.8 Å². The second-order valence-corrected chi connectivity index (χ2v) is 4.44. The van der Waals surface area contributed by atoms with Gasteiger partial charge in [-0.25, -0.2) is 22.0 Å². The van der Waals surface area contributed by atoms with Gasteiger partial charge in [0.1, 0.15) is 0 Å². The van der Waals surface area contributed by atoms with Crippen molar-refractivity contribution in [1.82, 2.24) is 5.32 Å². The van der Waals surface area contributed by atoms with Crippen molar-refractivity contribution in [3.05, 3.63) is 34.6 Å². The van der Waals surface area contributed by atoms with Crippen LogP contribution in [-0.2, 0) is 0 Å². The van der Waals surface area contributed by atoms with Crippen molar-refractivity contribution in [3.63, 3.8) is 0 Å². The van der Waals surface area contributed by atoms with Crippen molar-refractivity contribution < 1.29 is 22.0 Å². The van der Waals surface area contributed by atoms with Crippen LogP contribution in [0.5, 0.6) is 0 Å². The highest BCUT2D eigenvalue weighted by Crippen LogP contribution is 2.40. The summed E-state index contributed by atoms with van der Waals surface area (Å²) >= 11 is 0. The maximum absolute atomic E-state index is 13.6. The van der Waals surface area contributed by atoms with Crippen molar-refractivity contribution in [2.24, 2.45) is 5.92 Å². The average Bonchev–Trinajstić information content (AvgIpc) is 2.30. The van der Waals surface area contributed by atoms with Crippen molar-refractivity contribution in [1.29, 1.82) is 0 Å². The fourth-order valence-corrected chi connectivity index (χ4v) is 2.28. The highest BCUT2D eigenvalue weighted by atomic mass is 19.2. The highest BCUT2D eigenvalue weighted by molar-refractivity contribution is 5.28. The van der Waals surface area contributed by atoms with Gasteiger partial charge >= 0.3 is 0 Å². The van der Waals surface area contributed by atoms with E-state index in [1.54, 1.807) is 0 Å². The summed E-state index contributed by atoms with van der Waals surface area (Å²) in [6, 6.07) is -0.844. The van der Waals surface area contributed by atoms with Gasteiger partial charge in [-0.15, -0.1) is 0 Å². The van der Waals surface area contributed by atoms with E-state index in [9.17, 15) is 22.0 Å². The molecular formula is C12H12F5N. The van der Waals surface area contributed by atoms with E-state index in [1.165, 1.54) is 7.05 Å². The minimum atomic E-state index is -2.11. The Bertz CT molecular complexity index is 441. The normalized spacial score (nSPS) is 17.7. The Labute approximate surface area is 101 Å². The molecule has 0 amide bonds. The third-order valence-electron chi connectivity index (χ3n) is 3.49. The molecule has 100 valence electrons. The van der Waals surface area contributed by atoms with Gasteiger partial charge in [0.15, 0.2) is 23.3 Å². The molecule has 2 rings (SSSR count). The second kappa shape index (κ2) is 4.84. The summed E-state index contributed by atoms with van der Waals surface area (Å²) in [6.07, 6.45) is 2.33. The van der Waals surface area contributed by atoms with Crippen LogP contribution in [0.25, 0.3) is 0 Å². The van der Waals surface area contributed by atoms with Gasteiger partial charge < -0.3 is 5.32 Å². The molecule has 1 N–H and O–H groups in total. The molecule has 0 heterocycles. The molecule has 1 saturated carbocycles. The van der Waals surface area contributed by atoms with Crippen LogP contribution in [0.1, 0.15) is 30.9 Å². The van der Waals surface area contributed by atoms with E-state index in [2.05, 4.69) is 5.32 Å². The van der Waals surface area contributed by atoms with Crippen LogP contribution < -0.4 is 5.32 Å². The second-order valence-electron chi connectivity index (χ2n) is 4.44. The van der Waals surface area contributed by atoms with Crippen LogP contribution in [0, 0.1) is 35.0 Å². The lowest BCUT2D eigenvalue weighted by Crippen LogP contribution is -2.32. The molecule has 1 atom stereocenters. The van der Waals surface area contributed by atoms with Gasteiger partial charge in [-0.3, -0.25) is 0 Å². The van der Waals surface area contributed by atoms with Gasteiger partial charge in [0.2, 0.25) is 5.82 Å². The predicted molar refractivity (Wildman–Crippen MR) is 55.4 cm³/mol. The van der Waals surface area contributed by atoms with Crippen LogP contribution >= 0.6 is 0 Å². The quantitative estimate of drug-likeness (QED) is 0.501. The van der Waals surface area contributed by atoms with Gasteiger partial charge in [0, 0.05) is 11.6 Å². The Morgan fingerprint density at radius 2 is 1.33 bits per heavy atom. The van der Waals surface area contributed by atoms with Crippen LogP contribution in [0.2, 0.25) is 0 Å². The molecular weight excluding hydrogens is 253 g/mol. The van der Waals surface area contributed by atoms with Gasteiger partial charge in [0.05, 0.1) is 0 Å². The Balaban J connectivity index is 2.55. The zero-order valence-corrected chi connectivity index (χ0v) is 9.67. The third-order valence-corrected chi connectivity index (χ3v) is 3.49. The van der Waals surface area contributed by atoms with Gasteiger partial charge in [0.25, 0.3) is 0 Å². The summed E-state index contributed by atoms with van der Waals surface area (Å²) in [7, 11) is 1.45. The molecule has 0 aliphatic heterocycles. The number of halogens is 5. The standard InChI is InChI=1S/C12H12F5N/c1-18-12(5-3-2-4-5)6-7(13)9(15)11(17)10(16)8(6)14/h5,12,18H,2-4H2,1H3. The summed E-state index contributed by atoms with van der Waals surface area (Å²) in [4.78, 5) is 0. The molecule has 1 aromatic rings. The van der Waals surface area contributed by atoms with E-state index in [4.69, 9.17) is 0 Å². The van der Waals surface area contributed by atoms with Crippen LogP contribution in [0.15, 0.2) is 0 Å². The number of benzene rings is 1. The van der Waals surface area contributed by atoms with E-state index in [-0.39, 0.29) is 5.92 Å². The summed E-state index contributed by atoms with van der Waals surface area (Å²) < 4.78 is 66.3. The molecule has 18 heavy (non-hydrogen) atoms. The molecule has 1 nitrogen and oxygen atoms in total. The first-order valence-corrected chi connectivity index (χ1v) is 5.67. The summed E-state index contributed by atoms with van der Waals surface area (Å²) in [6.45, 7) is 0. The fraction of sp³-hybridized carbons (Fsp3) is 0.500. The average molecular weight is 265 g/mol. The Kier molecular flexibility index (Phi) is 3.56. The van der Waals surface area contributed by atoms with Crippen LogP contribution in [0.3, 0.4) is 0 Å². The largest absolute Gasteiger partial charge is 0.313 e. The first-order valence-electron chi connectivity index (χ1n) is 5.67. The monoisotopic (exact) mass is 265 g/mol. The topological polar surface area (TPSA) is 12.0 Å². The maximum Gasteiger partial charge on any atom is 0.200 e. The van der Waals surface area contributed by atoms with Crippen molar-refractivity contribution in [2.75, 3.05) is 7.05 Å². The number of nitrogens with one attached hydrogen (secondary N) is 1. The predicted octanol–water partition coefficient (Wildman–Crippen LogP) is 3.44. The zero-order valence-electron chi connectivity index (χ0n) is 9.67. The van der Waals surface area contributed by atoms with Gasteiger partial charge in [-0.2, -0.15) is 0 Å². The van der Waals surface area contributed by atoms with Crippen molar-refractivity contribution in [2.45, 2.75) is 25.3 Å². The lowest BCUT2D eigenvalue weighted by atomic mass is 9.77. The lowest BCUT2D eigenvalue weighted by molar-refractivity contribution is 0.225. The maximum atomic E-state index is 13.6. The molecule has 1 aliphatic carbocycles. The number of hydrogen-bond donors (Lipinski definition) is 1. The molecule has 0 bridgehead atoms. The van der Waals surface area contributed by atoms with E-state index in [0.717, 1.165) is 6.42 Å². The first-order chi connectivity index (χ1) is 8.49. The summed E-state index contributed by atoms with van der Waals surface area (Å²) in [5, 5.41) is 2.64. The molecule has 1 fully saturated rings. The summed E-state index contributed by atoms with van der Waals surface area (Å²) in [5.41, 5.74) is -0.751. The fourth-order valence-electron chi connectivity index (χ4n) is 2.28. The minimum Gasteiger partial charge on any atom is -0.313 e. The van der Waals surface area contributed by atoms with Gasteiger partial charge in [-0.1, -0.05) is 6.42 Å². The van der Waals surface area contributed by atoms with Crippen molar-refractivity contribution >= 4 is 0 Å². The molecule has 1 unspecified atom stereocenters. The Hall–Kier alpha value is -1.17. The van der Waals surface area contributed by atoms with E-state index < -0.39 is 40.7 Å². The molecule has 0 saturated heterocycles. The van der Waals surface area contributed by atoms with E-state index in [1.807, 2.05) is 0 Å². The SMILES string of the molecule is CNC(c1c(F)c(F)c(F)c(F)c1F)C1CCC1. The first kappa shape index (κ1) is 13.3. The Morgan fingerprint density at radius 1 is 0.889 bits per heavy atom.